The normalized spacial score (nSPS) is 18.0. The first kappa shape index (κ1) is 26.3. The molecule has 0 saturated carbocycles. The van der Waals surface area contributed by atoms with Gasteiger partial charge in [-0.15, -0.1) is 0 Å². The highest BCUT2D eigenvalue weighted by Crippen LogP contribution is 2.39. The Hall–Kier alpha value is -4.30. The molecule has 1 aromatic carbocycles. The van der Waals surface area contributed by atoms with Crippen LogP contribution in [0.1, 0.15) is 22.9 Å². The molecule has 1 saturated heterocycles. The van der Waals surface area contributed by atoms with Crippen LogP contribution in [-0.4, -0.2) is 59.5 Å². The van der Waals surface area contributed by atoms with E-state index in [9.17, 15) is 17.6 Å². The largest absolute Gasteiger partial charge is 0.416 e. The van der Waals surface area contributed by atoms with E-state index in [1.54, 1.807) is 47.4 Å². The predicted octanol–water partition coefficient (Wildman–Crippen LogP) is 4.06. The molecular formula is C25H25F4N9O. The molecule has 1 unspecified atom stereocenters. The second-order valence-corrected chi connectivity index (χ2v) is 8.78. The van der Waals surface area contributed by atoms with Gasteiger partial charge in [0.1, 0.15) is 0 Å². The number of hydrogen-bond donors (Lipinski definition) is 3. The molecular weight excluding hydrogens is 518 g/mol. The molecule has 2 aliphatic heterocycles. The van der Waals surface area contributed by atoms with Crippen molar-refractivity contribution in [3.63, 3.8) is 0 Å². The van der Waals surface area contributed by atoms with Crippen molar-refractivity contribution in [2.24, 2.45) is 5.10 Å². The van der Waals surface area contributed by atoms with Crippen LogP contribution in [0.4, 0.5) is 40.7 Å². The van der Waals surface area contributed by atoms with E-state index in [2.05, 4.69) is 36.2 Å². The van der Waals surface area contributed by atoms with Gasteiger partial charge < -0.3 is 20.4 Å². The van der Waals surface area contributed by atoms with Crippen molar-refractivity contribution in [1.82, 2.24) is 25.4 Å². The fourth-order valence-electron chi connectivity index (χ4n) is 4.20. The van der Waals surface area contributed by atoms with E-state index in [4.69, 9.17) is 4.74 Å². The Kier molecular flexibility index (Phi) is 7.56. The van der Waals surface area contributed by atoms with Gasteiger partial charge in [-0.3, -0.25) is 4.98 Å². The maximum atomic E-state index is 14.2. The Balaban J connectivity index is 1.24. The van der Waals surface area contributed by atoms with Crippen molar-refractivity contribution in [3.8, 4) is 0 Å². The van der Waals surface area contributed by atoms with Gasteiger partial charge in [-0.05, 0) is 35.9 Å². The summed E-state index contributed by atoms with van der Waals surface area (Å²) in [4.78, 5) is 14.1. The highest BCUT2D eigenvalue weighted by atomic mass is 19.4. The quantitative estimate of drug-likeness (QED) is 0.231. The van der Waals surface area contributed by atoms with Crippen molar-refractivity contribution < 1.29 is 22.3 Å². The molecule has 0 bridgehead atoms. The van der Waals surface area contributed by atoms with Crippen molar-refractivity contribution in [3.05, 3.63) is 77.6 Å². The minimum atomic E-state index is -4.52. The molecule has 5 rings (SSSR count). The molecule has 2 aromatic heterocycles. The third-order valence-electron chi connectivity index (χ3n) is 6.12. The average Bonchev–Trinajstić information content (AvgIpc) is 3.36. The van der Waals surface area contributed by atoms with Gasteiger partial charge in [0, 0.05) is 32.0 Å². The summed E-state index contributed by atoms with van der Waals surface area (Å²) in [5, 5.41) is 8.60. The standard InChI is InChI=1S/C25H25F4N9O/c1-37-22(6-7-33-37)19-5-4-16(12-20(19)25(27,28)29)34-18-3-2-17(30-13-18)14-32-36-24-31-15-21(26)23(35-24)38-8-10-39-11-9-38/h2-7,12-15,22,33-34H,8-11H2,1H3,(H,31,35,36)/b32-14+. The van der Waals surface area contributed by atoms with Gasteiger partial charge in [0.15, 0.2) is 11.6 Å². The molecule has 39 heavy (non-hydrogen) atoms. The lowest BCUT2D eigenvalue weighted by Gasteiger charge is -2.27. The third kappa shape index (κ3) is 6.23. The van der Waals surface area contributed by atoms with Crippen molar-refractivity contribution in [2.75, 3.05) is 49.0 Å². The van der Waals surface area contributed by atoms with Crippen LogP contribution in [-0.2, 0) is 10.9 Å². The van der Waals surface area contributed by atoms with E-state index < -0.39 is 23.6 Å². The highest BCUT2D eigenvalue weighted by molar-refractivity contribution is 5.78. The number of benzene rings is 1. The number of aromatic nitrogens is 3. The van der Waals surface area contributed by atoms with Crippen LogP contribution >= 0.6 is 0 Å². The van der Waals surface area contributed by atoms with Crippen LogP contribution in [0.2, 0.25) is 0 Å². The van der Waals surface area contributed by atoms with Gasteiger partial charge in [0.2, 0.25) is 5.95 Å². The summed E-state index contributed by atoms with van der Waals surface area (Å²) >= 11 is 0. The number of alkyl halides is 3. The monoisotopic (exact) mass is 543 g/mol. The summed E-state index contributed by atoms with van der Waals surface area (Å²) in [6, 6.07) is 6.92. The summed E-state index contributed by atoms with van der Waals surface area (Å²) in [5.74, 6) is -0.246. The zero-order chi connectivity index (χ0) is 27.4. The smallest absolute Gasteiger partial charge is 0.378 e. The number of nitrogens with one attached hydrogen (secondary N) is 3. The summed E-state index contributed by atoms with van der Waals surface area (Å²) in [6.07, 6.45) is 2.73. The van der Waals surface area contributed by atoms with Crippen LogP contribution in [0.3, 0.4) is 0 Å². The zero-order valence-corrected chi connectivity index (χ0v) is 20.8. The lowest BCUT2D eigenvalue weighted by atomic mass is 9.99. The Bertz CT molecular complexity index is 1360. The first-order valence-electron chi connectivity index (χ1n) is 12.0. The number of ether oxygens (including phenoxy) is 1. The fourth-order valence-corrected chi connectivity index (χ4v) is 4.20. The van der Waals surface area contributed by atoms with Gasteiger partial charge >= 0.3 is 6.18 Å². The molecule has 4 heterocycles. The summed E-state index contributed by atoms with van der Waals surface area (Å²) in [5.41, 5.74) is 6.19. The summed E-state index contributed by atoms with van der Waals surface area (Å²) in [7, 11) is 1.68. The van der Waals surface area contributed by atoms with Crippen LogP contribution < -0.4 is 21.1 Å². The Morgan fingerprint density at radius 2 is 1.90 bits per heavy atom. The number of pyridine rings is 1. The molecule has 10 nitrogen and oxygen atoms in total. The fraction of sp³-hybridized carbons (Fsp3) is 0.280. The second-order valence-electron chi connectivity index (χ2n) is 8.78. The average molecular weight is 544 g/mol. The van der Waals surface area contributed by atoms with E-state index in [1.165, 1.54) is 18.5 Å². The molecule has 3 N–H and O–H groups in total. The van der Waals surface area contributed by atoms with Crippen LogP contribution in [0.15, 0.2) is 60.1 Å². The van der Waals surface area contributed by atoms with E-state index in [-0.39, 0.29) is 23.0 Å². The van der Waals surface area contributed by atoms with E-state index in [0.717, 1.165) is 12.3 Å². The van der Waals surface area contributed by atoms with Crippen molar-refractivity contribution >= 4 is 29.4 Å². The van der Waals surface area contributed by atoms with Crippen LogP contribution in [0.5, 0.6) is 0 Å². The second kappa shape index (κ2) is 11.2. The Morgan fingerprint density at radius 3 is 2.59 bits per heavy atom. The van der Waals surface area contributed by atoms with Gasteiger partial charge in [0.25, 0.3) is 0 Å². The van der Waals surface area contributed by atoms with E-state index in [0.29, 0.717) is 37.7 Å². The molecule has 2 aliphatic rings. The third-order valence-corrected chi connectivity index (χ3v) is 6.12. The number of hydrogen-bond acceptors (Lipinski definition) is 10. The summed E-state index contributed by atoms with van der Waals surface area (Å²) in [6.45, 7) is 2.02. The zero-order valence-electron chi connectivity index (χ0n) is 20.8. The molecule has 1 atom stereocenters. The first-order valence-corrected chi connectivity index (χ1v) is 12.0. The molecule has 1 fully saturated rings. The van der Waals surface area contributed by atoms with Crippen molar-refractivity contribution in [2.45, 2.75) is 12.2 Å². The molecule has 0 spiro atoms. The minimum Gasteiger partial charge on any atom is -0.378 e. The first-order chi connectivity index (χ1) is 18.8. The number of morpholine rings is 1. The highest BCUT2D eigenvalue weighted by Gasteiger charge is 2.36. The number of rotatable bonds is 7. The van der Waals surface area contributed by atoms with Gasteiger partial charge in [0.05, 0.1) is 54.8 Å². The van der Waals surface area contributed by atoms with E-state index in [1.807, 2.05) is 0 Å². The molecule has 3 aromatic rings. The lowest BCUT2D eigenvalue weighted by molar-refractivity contribution is -0.138. The van der Waals surface area contributed by atoms with Crippen LogP contribution in [0, 0.1) is 5.82 Å². The van der Waals surface area contributed by atoms with E-state index >= 15 is 0 Å². The maximum Gasteiger partial charge on any atom is 0.416 e. The minimum absolute atomic E-state index is 0.117. The number of likely N-dealkylation sites (N-methyl/N-ethyl adjacent to an activating group) is 1. The lowest BCUT2D eigenvalue weighted by Crippen LogP contribution is -2.37. The SMILES string of the molecule is CN1NC=CC1c1ccc(Nc2ccc(/C=N/Nc3ncc(F)c(N4CCOCC4)n3)nc2)cc1C(F)(F)F. The molecule has 0 aliphatic carbocycles. The van der Waals surface area contributed by atoms with Gasteiger partial charge in [-0.1, -0.05) is 6.07 Å². The van der Waals surface area contributed by atoms with Gasteiger partial charge in [-0.25, -0.2) is 19.8 Å². The summed E-state index contributed by atoms with van der Waals surface area (Å²) < 4.78 is 60.9. The topological polar surface area (TPSA) is 103 Å². The number of nitrogens with zero attached hydrogens (tertiary/aromatic N) is 6. The Morgan fingerprint density at radius 1 is 1.10 bits per heavy atom. The molecule has 14 heteroatoms. The number of hydrazine groups is 1. The number of halogens is 4. The molecule has 0 amide bonds. The van der Waals surface area contributed by atoms with Crippen molar-refractivity contribution in [1.29, 1.82) is 0 Å². The maximum absolute atomic E-state index is 14.2. The molecule has 204 valence electrons. The predicted molar refractivity (Wildman–Crippen MR) is 138 cm³/mol. The number of hydrazone groups is 1. The Labute approximate surface area is 221 Å². The van der Waals surface area contributed by atoms with Crippen LogP contribution in [0.25, 0.3) is 0 Å². The van der Waals surface area contributed by atoms with Gasteiger partial charge in [-0.2, -0.15) is 23.3 Å². The number of anilines is 4. The molecule has 0 radical (unpaired) electrons.